The average molecular weight is 439 g/mol. The van der Waals surface area contributed by atoms with Crippen LogP contribution in [0.4, 0.5) is 0 Å². The lowest BCUT2D eigenvalue weighted by Crippen LogP contribution is -2.42. The van der Waals surface area contributed by atoms with Gasteiger partial charge < -0.3 is 4.74 Å². The summed E-state index contributed by atoms with van der Waals surface area (Å²) in [5, 5.41) is 0. The summed E-state index contributed by atoms with van der Waals surface area (Å²) >= 11 is 0. The molecule has 3 aliphatic rings. The Morgan fingerprint density at radius 1 is 0.812 bits per heavy atom. The van der Waals surface area contributed by atoms with Crippen LogP contribution in [0.25, 0.3) is 0 Å². The van der Waals surface area contributed by atoms with Crippen LogP contribution in [0.2, 0.25) is 0 Å². The van der Waals surface area contributed by atoms with Crippen LogP contribution < -0.4 is 4.74 Å². The van der Waals surface area contributed by atoms with Crippen molar-refractivity contribution in [2.75, 3.05) is 0 Å². The number of aryl methyl sites for hydroxylation is 1. The van der Waals surface area contributed by atoms with Crippen LogP contribution in [-0.4, -0.2) is 5.97 Å². The molecule has 0 saturated heterocycles. The average Bonchev–Trinajstić information content (AvgIpc) is 2.83. The molecule has 0 aromatic heterocycles. The highest BCUT2D eigenvalue weighted by molar-refractivity contribution is 5.75. The molecule has 2 heteroatoms. The number of benzene rings is 1. The van der Waals surface area contributed by atoms with Crippen LogP contribution in [0.1, 0.15) is 109 Å². The molecule has 1 aromatic carbocycles. The van der Waals surface area contributed by atoms with Crippen LogP contribution in [0.5, 0.6) is 5.75 Å². The van der Waals surface area contributed by atoms with Gasteiger partial charge in [-0.05, 0) is 105 Å². The molecule has 0 heterocycles. The highest BCUT2D eigenvalue weighted by atomic mass is 16.5. The fourth-order valence-electron chi connectivity index (χ4n) is 7.36. The molecule has 178 valence electrons. The largest absolute Gasteiger partial charge is 0.426 e. The van der Waals surface area contributed by atoms with Gasteiger partial charge in [0.15, 0.2) is 0 Å². The second-order valence-corrected chi connectivity index (χ2v) is 11.3. The summed E-state index contributed by atoms with van der Waals surface area (Å²) in [5.41, 5.74) is 1.35. The van der Waals surface area contributed by atoms with E-state index in [0.717, 1.165) is 54.6 Å². The van der Waals surface area contributed by atoms with E-state index in [2.05, 4.69) is 26.0 Å². The topological polar surface area (TPSA) is 26.3 Å². The van der Waals surface area contributed by atoms with Gasteiger partial charge in [0.05, 0.1) is 5.92 Å². The van der Waals surface area contributed by atoms with E-state index in [0.29, 0.717) is 0 Å². The summed E-state index contributed by atoms with van der Waals surface area (Å²) in [7, 11) is 0. The van der Waals surface area contributed by atoms with Crippen LogP contribution in [0.15, 0.2) is 24.3 Å². The van der Waals surface area contributed by atoms with Gasteiger partial charge in [0.1, 0.15) is 5.75 Å². The van der Waals surface area contributed by atoms with Gasteiger partial charge in [-0.3, -0.25) is 4.79 Å². The lowest BCUT2D eigenvalue weighted by Gasteiger charge is -2.50. The predicted molar refractivity (Wildman–Crippen MR) is 133 cm³/mol. The van der Waals surface area contributed by atoms with E-state index >= 15 is 0 Å². The number of hydrogen-bond donors (Lipinski definition) is 0. The van der Waals surface area contributed by atoms with E-state index < -0.39 is 0 Å². The second kappa shape index (κ2) is 11.7. The smallest absolute Gasteiger partial charge is 0.314 e. The Bertz CT molecular complexity index is 708. The maximum absolute atomic E-state index is 12.9. The third kappa shape index (κ3) is 5.97. The summed E-state index contributed by atoms with van der Waals surface area (Å²) in [6, 6.07) is 8.25. The van der Waals surface area contributed by atoms with Crippen LogP contribution >= 0.6 is 0 Å². The van der Waals surface area contributed by atoms with Crippen molar-refractivity contribution in [3.8, 4) is 5.75 Å². The first-order chi connectivity index (χ1) is 15.7. The number of esters is 1. The molecule has 6 unspecified atom stereocenters. The Labute approximate surface area is 196 Å². The number of carbonyl (C=O) groups is 1. The van der Waals surface area contributed by atoms with Crippen molar-refractivity contribution in [1.82, 2.24) is 0 Å². The maximum Gasteiger partial charge on any atom is 0.314 e. The molecule has 0 radical (unpaired) electrons. The van der Waals surface area contributed by atoms with Crippen molar-refractivity contribution in [3.63, 3.8) is 0 Å². The molecule has 1 aromatic rings. The van der Waals surface area contributed by atoms with E-state index in [1.807, 2.05) is 12.1 Å². The minimum absolute atomic E-state index is 0.0209. The first-order valence-electron chi connectivity index (χ1n) is 14.0. The molecule has 0 N–H and O–H groups in total. The normalized spacial score (nSPS) is 32.1. The van der Waals surface area contributed by atoms with Crippen molar-refractivity contribution >= 4 is 5.97 Å². The Morgan fingerprint density at radius 3 is 2.22 bits per heavy atom. The van der Waals surface area contributed by atoms with Gasteiger partial charge in [-0.15, -0.1) is 0 Å². The van der Waals surface area contributed by atoms with Crippen LogP contribution in [0.3, 0.4) is 0 Å². The number of rotatable bonds is 9. The monoisotopic (exact) mass is 438 g/mol. The van der Waals surface area contributed by atoms with Crippen molar-refractivity contribution in [3.05, 3.63) is 29.8 Å². The Kier molecular flexibility index (Phi) is 8.72. The summed E-state index contributed by atoms with van der Waals surface area (Å²) in [4.78, 5) is 12.9. The fourth-order valence-corrected chi connectivity index (χ4v) is 7.36. The maximum atomic E-state index is 12.9. The molecule has 32 heavy (non-hydrogen) atoms. The molecule has 0 amide bonds. The Morgan fingerprint density at radius 2 is 1.50 bits per heavy atom. The molecule has 6 atom stereocenters. The quantitative estimate of drug-likeness (QED) is 0.220. The molecule has 3 saturated carbocycles. The number of fused-ring (bicyclic) bond motifs is 3. The Balaban J connectivity index is 1.25. The van der Waals surface area contributed by atoms with Gasteiger partial charge in [-0.1, -0.05) is 64.5 Å². The van der Waals surface area contributed by atoms with Crippen molar-refractivity contribution < 1.29 is 9.53 Å². The zero-order valence-electron chi connectivity index (χ0n) is 20.7. The zero-order chi connectivity index (χ0) is 22.3. The van der Waals surface area contributed by atoms with E-state index in [-0.39, 0.29) is 11.9 Å². The van der Waals surface area contributed by atoms with Gasteiger partial charge in [-0.2, -0.15) is 0 Å². The van der Waals surface area contributed by atoms with Gasteiger partial charge in [-0.25, -0.2) is 0 Å². The third-order valence-corrected chi connectivity index (χ3v) is 9.16. The van der Waals surface area contributed by atoms with Gasteiger partial charge >= 0.3 is 5.97 Å². The number of unbranched alkanes of at least 4 members (excludes halogenated alkanes) is 3. The number of ether oxygens (including phenoxy) is 1. The van der Waals surface area contributed by atoms with Crippen LogP contribution in [-0.2, 0) is 11.2 Å². The van der Waals surface area contributed by atoms with Crippen molar-refractivity contribution in [1.29, 1.82) is 0 Å². The molecular weight excluding hydrogens is 392 g/mol. The van der Waals surface area contributed by atoms with E-state index in [4.69, 9.17) is 4.74 Å². The molecule has 4 rings (SSSR count). The highest BCUT2D eigenvalue weighted by Gasteiger charge is 2.45. The molecular formula is C30H46O2. The summed E-state index contributed by atoms with van der Waals surface area (Å²) < 4.78 is 5.83. The standard InChI is InChI=1S/C30H46O2/c1-3-5-7-9-22-10-16-27(17-11-22)32-30(31)26-15-19-29-25(21-26)14-13-24-20-23(8-6-4-2)12-18-28(24)29/h10-11,16-17,23-26,28-29H,3-9,12-15,18-21H2,1-2H3. The zero-order valence-corrected chi connectivity index (χ0v) is 20.7. The molecule has 3 aliphatic carbocycles. The van der Waals surface area contributed by atoms with Gasteiger partial charge in [0.25, 0.3) is 0 Å². The van der Waals surface area contributed by atoms with Crippen LogP contribution in [0, 0.1) is 35.5 Å². The second-order valence-electron chi connectivity index (χ2n) is 11.3. The highest BCUT2D eigenvalue weighted by Crippen LogP contribution is 2.54. The van der Waals surface area contributed by atoms with Crippen molar-refractivity contribution in [2.24, 2.45) is 35.5 Å². The first kappa shape index (κ1) is 23.8. The lowest BCUT2D eigenvalue weighted by atomic mass is 9.55. The van der Waals surface area contributed by atoms with E-state index in [1.165, 1.54) is 82.6 Å². The summed E-state index contributed by atoms with van der Waals surface area (Å²) in [6.07, 6.45) is 19.6. The molecule has 0 spiro atoms. The van der Waals surface area contributed by atoms with Crippen molar-refractivity contribution in [2.45, 2.75) is 110 Å². The summed E-state index contributed by atoms with van der Waals surface area (Å²) in [6.45, 7) is 4.56. The first-order valence-corrected chi connectivity index (χ1v) is 14.0. The minimum atomic E-state index is 0.0209. The lowest BCUT2D eigenvalue weighted by molar-refractivity contribution is -0.142. The van der Waals surface area contributed by atoms with Gasteiger partial charge in [0.2, 0.25) is 0 Å². The minimum Gasteiger partial charge on any atom is -0.426 e. The van der Waals surface area contributed by atoms with Gasteiger partial charge in [0, 0.05) is 0 Å². The van der Waals surface area contributed by atoms with E-state index in [9.17, 15) is 4.79 Å². The fraction of sp³-hybridized carbons (Fsp3) is 0.767. The number of hydrogen-bond acceptors (Lipinski definition) is 2. The molecule has 0 aliphatic heterocycles. The number of carbonyl (C=O) groups excluding carboxylic acids is 1. The molecule has 3 fully saturated rings. The predicted octanol–water partition coefficient (Wildman–Crippen LogP) is 8.37. The van der Waals surface area contributed by atoms with E-state index in [1.54, 1.807) is 0 Å². The molecule has 2 nitrogen and oxygen atoms in total. The third-order valence-electron chi connectivity index (χ3n) is 9.16. The Hall–Kier alpha value is -1.31. The summed E-state index contributed by atoms with van der Waals surface area (Å²) in [5.74, 6) is 5.42. The molecule has 0 bridgehead atoms. The SMILES string of the molecule is CCCCCc1ccc(OC(=O)C2CCC3C(CCC4CC(CCCC)CCC43)C2)cc1.